The van der Waals surface area contributed by atoms with Crippen LogP contribution in [-0.2, 0) is 0 Å². The molecule has 0 amide bonds. The van der Waals surface area contributed by atoms with Gasteiger partial charge in [-0.05, 0) is 37.6 Å². The molecule has 1 aromatic rings. The van der Waals surface area contributed by atoms with Crippen molar-refractivity contribution in [2.45, 2.75) is 25.8 Å². The molecule has 0 radical (unpaired) electrons. The minimum Gasteiger partial charge on any atom is -0.493 e. The van der Waals surface area contributed by atoms with Crippen LogP contribution in [0.3, 0.4) is 0 Å². The van der Waals surface area contributed by atoms with Crippen LogP contribution >= 0.6 is 12.2 Å². The highest BCUT2D eigenvalue weighted by atomic mass is 32.1. The van der Waals surface area contributed by atoms with Crippen LogP contribution in [0.4, 0.5) is 0 Å². The molecule has 0 bridgehead atoms. The Bertz CT molecular complexity index is 602. The van der Waals surface area contributed by atoms with Crippen molar-refractivity contribution >= 4 is 30.2 Å². The second-order valence-corrected chi connectivity index (χ2v) is 4.69. The van der Waals surface area contributed by atoms with E-state index >= 15 is 0 Å². The molecular formula is C11H12N4OS. The average Bonchev–Trinajstić information content (AvgIpc) is 2.90. The molecule has 5 nitrogen and oxygen atoms in total. The SMILES string of the molecule is CC(=C1C=NN=C1)c1[nH]c(=S)n(C2CC2)c1O. The molecule has 1 aromatic heterocycles. The molecule has 1 aliphatic carbocycles. The van der Waals surface area contributed by atoms with Crippen molar-refractivity contribution in [1.82, 2.24) is 9.55 Å². The topological polar surface area (TPSA) is 65.7 Å². The summed E-state index contributed by atoms with van der Waals surface area (Å²) >= 11 is 5.23. The number of allylic oxidation sites excluding steroid dienone is 2. The molecule has 2 heterocycles. The van der Waals surface area contributed by atoms with Gasteiger partial charge in [-0.25, -0.2) is 0 Å². The first-order valence-electron chi connectivity index (χ1n) is 5.49. The molecule has 88 valence electrons. The number of imidazole rings is 1. The van der Waals surface area contributed by atoms with Crippen molar-refractivity contribution in [3.05, 3.63) is 16.0 Å². The fourth-order valence-electron chi connectivity index (χ4n) is 1.94. The third-order valence-corrected chi connectivity index (χ3v) is 3.38. The Morgan fingerprint density at radius 1 is 1.47 bits per heavy atom. The van der Waals surface area contributed by atoms with Gasteiger partial charge in [0, 0.05) is 11.6 Å². The first-order valence-corrected chi connectivity index (χ1v) is 5.90. The molecule has 0 saturated heterocycles. The molecule has 0 unspecified atom stereocenters. The van der Waals surface area contributed by atoms with Gasteiger partial charge in [-0.2, -0.15) is 10.2 Å². The third kappa shape index (κ3) is 1.64. The summed E-state index contributed by atoms with van der Waals surface area (Å²) in [7, 11) is 0. The van der Waals surface area contributed by atoms with Crippen LogP contribution in [0.25, 0.3) is 5.57 Å². The summed E-state index contributed by atoms with van der Waals surface area (Å²) in [4.78, 5) is 3.06. The third-order valence-electron chi connectivity index (χ3n) is 3.08. The molecule has 6 heteroatoms. The summed E-state index contributed by atoms with van der Waals surface area (Å²) in [5.74, 6) is 0.219. The fourth-order valence-corrected chi connectivity index (χ4v) is 2.27. The summed E-state index contributed by atoms with van der Waals surface area (Å²) in [5.41, 5.74) is 2.45. The summed E-state index contributed by atoms with van der Waals surface area (Å²) in [5, 5.41) is 17.7. The minimum absolute atomic E-state index is 0.219. The van der Waals surface area contributed by atoms with Gasteiger partial charge in [0.05, 0.1) is 12.4 Å². The Hall–Kier alpha value is -1.69. The average molecular weight is 248 g/mol. The van der Waals surface area contributed by atoms with Crippen LogP contribution in [0.5, 0.6) is 5.88 Å². The number of aromatic hydroxyl groups is 1. The van der Waals surface area contributed by atoms with E-state index in [0.717, 1.165) is 24.0 Å². The van der Waals surface area contributed by atoms with Gasteiger partial charge in [-0.15, -0.1) is 0 Å². The molecule has 2 aliphatic rings. The smallest absolute Gasteiger partial charge is 0.218 e. The van der Waals surface area contributed by atoms with Crippen molar-refractivity contribution in [2.75, 3.05) is 0 Å². The van der Waals surface area contributed by atoms with Crippen LogP contribution in [0.1, 0.15) is 31.5 Å². The van der Waals surface area contributed by atoms with E-state index in [4.69, 9.17) is 12.2 Å². The highest BCUT2D eigenvalue weighted by Crippen LogP contribution is 2.40. The van der Waals surface area contributed by atoms with Crippen molar-refractivity contribution in [3.8, 4) is 5.88 Å². The van der Waals surface area contributed by atoms with Crippen LogP contribution < -0.4 is 0 Å². The normalized spacial score (nSPS) is 18.1. The fraction of sp³-hybridized carbons (Fsp3) is 0.364. The molecule has 0 spiro atoms. The maximum atomic E-state index is 10.2. The highest BCUT2D eigenvalue weighted by molar-refractivity contribution is 7.71. The molecule has 1 saturated carbocycles. The summed E-state index contributed by atoms with van der Waals surface area (Å²) in [6, 6.07) is 0.358. The van der Waals surface area contributed by atoms with Crippen LogP contribution in [0.2, 0.25) is 0 Å². The quantitative estimate of drug-likeness (QED) is 0.789. The molecule has 0 atom stereocenters. The maximum absolute atomic E-state index is 10.2. The lowest BCUT2D eigenvalue weighted by molar-refractivity contribution is 0.416. The minimum atomic E-state index is 0.219. The zero-order chi connectivity index (χ0) is 12.0. The lowest BCUT2D eigenvalue weighted by Gasteiger charge is -2.03. The Balaban J connectivity index is 2.13. The van der Waals surface area contributed by atoms with Crippen molar-refractivity contribution in [1.29, 1.82) is 0 Å². The molecule has 17 heavy (non-hydrogen) atoms. The number of nitrogens with zero attached hydrogens (tertiary/aromatic N) is 3. The van der Waals surface area contributed by atoms with Gasteiger partial charge in [0.2, 0.25) is 5.88 Å². The Morgan fingerprint density at radius 3 is 2.71 bits per heavy atom. The van der Waals surface area contributed by atoms with Gasteiger partial charge < -0.3 is 10.1 Å². The largest absolute Gasteiger partial charge is 0.493 e. The molecular weight excluding hydrogens is 236 g/mol. The molecule has 1 fully saturated rings. The Morgan fingerprint density at radius 2 is 2.12 bits per heavy atom. The number of nitrogens with one attached hydrogen (secondary N) is 1. The van der Waals surface area contributed by atoms with E-state index in [1.807, 2.05) is 6.92 Å². The van der Waals surface area contributed by atoms with Crippen LogP contribution in [0.15, 0.2) is 15.8 Å². The second-order valence-electron chi connectivity index (χ2n) is 4.30. The van der Waals surface area contributed by atoms with Gasteiger partial charge in [0.1, 0.15) is 5.69 Å². The molecule has 3 rings (SSSR count). The standard InChI is InChI=1S/C11H12N4OS/c1-6(7-4-12-13-5-7)9-10(16)15(8-2-3-8)11(17)14-9/h4-5,8,16H,2-3H2,1H3,(H,14,17). The van der Waals surface area contributed by atoms with Gasteiger partial charge in [0.25, 0.3) is 0 Å². The van der Waals surface area contributed by atoms with E-state index < -0.39 is 0 Å². The number of aromatic nitrogens is 2. The summed E-state index contributed by atoms with van der Waals surface area (Å²) in [6.45, 7) is 1.91. The predicted molar refractivity (Wildman–Crippen MR) is 69.1 cm³/mol. The lowest BCUT2D eigenvalue weighted by Crippen LogP contribution is -1.93. The Labute approximate surface area is 103 Å². The zero-order valence-corrected chi connectivity index (χ0v) is 10.2. The predicted octanol–water partition coefficient (Wildman–Crippen LogP) is 2.43. The van der Waals surface area contributed by atoms with E-state index in [1.165, 1.54) is 0 Å². The molecule has 1 aliphatic heterocycles. The van der Waals surface area contributed by atoms with E-state index in [1.54, 1.807) is 17.0 Å². The maximum Gasteiger partial charge on any atom is 0.218 e. The first kappa shape index (κ1) is 10.5. The number of rotatable bonds is 2. The van der Waals surface area contributed by atoms with Crippen molar-refractivity contribution in [2.24, 2.45) is 10.2 Å². The van der Waals surface area contributed by atoms with Gasteiger partial charge in [-0.1, -0.05) is 0 Å². The van der Waals surface area contributed by atoms with E-state index in [-0.39, 0.29) is 5.88 Å². The molecule has 2 N–H and O–H groups in total. The number of aromatic amines is 1. The zero-order valence-electron chi connectivity index (χ0n) is 9.34. The number of H-pyrrole nitrogens is 1. The van der Waals surface area contributed by atoms with E-state index in [0.29, 0.717) is 16.5 Å². The van der Waals surface area contributed by atoms with Crippen molar-refractivity contribution < 1.29 is 5.11 Å². The van der Waals surface area contributed by atoms with Crippen LogP contribution in [0, 0.1) is 4.77 Å². The summed E-state index contributed by atoms with van der Waals surface area (Å²) < 4.78 is 2.37. The second kappa shape index (κ2) is 3.66. The summed E-state index contributed by atoms with van der Waals surface area (Å²) in [6.07, 6.45) is 5.50. The monoisotopic (exact) mass is 248 g/mol. The first-order chi connectivity index (χ1) is 8.18. The van der Waals surface area contributed by atoms with E-state index in [9.17, 15) is 5.11 Å². The van der Waals surface area contributed by atoms with Crippen LogP contribution in [-0.4, -0.2) is 27.1 Å². The highest BCUT2D eigenvalue weighted by Gasteiger charge is 2.28. The Kier molecular flexibility index (Phi) is 2.25. The van der Waals surface area contributed by atoms with Crippen molar-refractivity contribution in [3.63, 3.8) is 0 Å². The molecule has 0 aromatic carbocycles. The van der Waals surface area contributed by atoms with Gasteiger partial charge in [0.15, 0.2) is 4.77 Å². The van der Waals surface area contributed by atoms with Gasteiger partial charge in [-0.3, -0.25) is 4.57 Å². The number of hydrogen-bond donors (Lipinski definition) is 2. The van der Waals surface area contributed by atoms with E-state index in [2.05, 4.69) is 15.2 Å². The lowest BCUT2D eigenvalue weighted by atomic mass is 10.1. The van der Waals surface area contributed by atoms with Gasteiger partial charge >= 0.3 is 0 Å². The number of hydrogen-bond acceptors (Lipinski definition) is 4.